The van der Waals surface area contributed by atoms with Crippen LogP contribution < -0.4 is 11.1 Å². The lowest BCUT2D eigenvalue weighted by Crippen LogP contribution is -2.36. The van der Waals surface area contributed by atoms with Crippen LogP contribution in [0.3, 0.4) is 0 Å². The second-order valence-corrected chi connectivity index (χ2v) is 7.33. The summed E-state index contributed by atoms with van der Waals surface area (Å²) in [6, 6.07) is 7.52. The molecule has 0 unspecified atom stereocenters. The van der Waals surface area contributed by atoms with Gasteiger partial charge in [-0.2, -0.15) is 0 Å². The molecule has 2 rings (SSSR count). The highest BCUT2D eigenvalue weighted by atomic mass is 35.5. The van der Waals surface area contributed by atoms with E-state index in [2.05, 4.69) is 30.1 Å². The first-order valence-electron chi connectivity index (χ1n) is 8.96. The molecule has 1 aliphatic heterocycles. The molecule has 0 radical (unpaired) electrons. The quantitative estimate of drug-likeness (QED) is 0.651. The molecule has 26 heavy (non-hydrogen) atoms. The number of hydrogen-bond donors (Lipinski definition) is 3. The zero-order valence-corrected chi connectivity index (χ0v) is 17.3. The number of carbonyl (C=O) groups is 1. The van der Waals surface area contributed by atoms with Crippen LogP contribution >= 0.6 is 24.8 Å². The number of rotatable bonds is 7. The number of hydrogen-bond acceptors (Lipinski definition) is 4. The molecule has 7 heteroatoms. The third-order valence-electron chi connectivity index (χ3n) is 4.63. The van der Waals surface area contributed by atoms with E-state index in [1.54, 1.807) is 0 Å². The van der Waals surface area contributed by atoms with Crippen molar-refractivity contribution in [1.29, 1.82) is 0 Å². The number of aliphatic hydroxyl groups excluding tert-OH is 1. The monoisotopic (exact) mass is 405 g/mol. The smallest absolute Gasteiger partial charge is 0.241 e. The molecule has 1 aromatic rings. The number of nitrogens with two attached hydrogens (primary N) is 1. The summed E-state index contributed by atoms with van der Waals surface area (Å²) >= 11 is 0. The number of benzene rings is 1. The summed E-state index contributed by atoms with van der Waals surface area (Å²) in [6.07, 6.45) is 2.79. The van der Waals surface area contributed by atoms with Gasteiger partial charge in [0.05, 0.1) is 6.04 Å². The van der Waals surface area contributed by atoms with E-state index in [-0.39, 0.29) is 30.7 Å². The Hall–Kier alpha value is -0.850. The topological polar surface area (TPSA) is 78.6 Å². The largest absolute Gasteiger partial charge is 0.396 e. The average molecular weight is 406 g/mol. The molecule has 1 atom stereocenters. The van der Waals surface area contributed by atoms with E-state index < -0.39 is 6.04 Å². The Bertz CT molecular complexity index is 535. The van der Waals surface area contributed by atoms with Crippen molar-refractivity contribution < 1.29 is 9.90 Å². The Morgan fingerprint density at radius 3 is 2.54 bits per heavy atom. The van der Waals surface area contributed by atoms with Gasteiger partial charge in [-0.3, -0.25) is 9.69 Å². The molecule has 1 amide bonds. The van der Waals surface area contributed by atoms with Crippen LogP contribution in [0, 0.1) is 11.8 Å². The Balaban J connectivity index is 0.00000312. The number of piperidine rings is 1. The number of halogens is 2. The highest BCUT2D eigenvalue weighted by molar-refractivity contribution is 5.94. The minimum absolute atomic E-state index is 0. The predicted molar refractivity (Wildman–Crippen MR) is 112 cm³/mol. The SMILES string of the molecule is CC(C)C[C@H](N)C(=O)Nc1cccc(CN2CCC(CO)CC2)c1.Cl.Cl. The number of nitrogens with one attached hydrogen (secondary N) is 1. The Morgan fingerprint density at radius 2 is 1.96 bits per heavy atom. The first-order valence-corrected chi connectivity index (χ1v) is 8.96. The van der Waals surface area contributed by atoms with Gasteiger partial charge in [0.25, 0.3) is 0 Å². The molecule has 4 N–H and O–H groups in total. The van der Waals surface area contributed by atoms with Crippen LogP contribution in [0.1, 0.15) is 38.7 Å². The fraction of sp³-hybridized carbons (Fsp3) is 0.632. The summed E-state index contributed by atoms with van der Waals surface area (Å²) in [7, 11) is 0. The van der Waals surface area contributed by atoms with Gasteiger partial charge in [-0.15, -0.1) is 24.8 Å². The Labute approximate surface area is 169 Å². The number of aliphatic hydroxyl groups is 1. The average Bonchev–Trinajstić information content (AvgIpc) is 2.55. The minimum atomic E-state index is -0.467. The van der Waals surface area contributed by atoms with Crippen LogP contribution in [0.4, 0.5) is 5.69 Å². The lowest BCUT2D eigenvalue weighted by molar-refractivity contribution is -0.117. The first kappa shape index (κ1) is 25.1. The Kier molecular flexibility index (Phi) is 12.1. The van der Waals surface area contributed by atoms with E-state index in [9.17, 15) is 9.90 Å². The van der Waals surface area contributed by atoms with Crippen molar-refractivity contribution in [3.63, 3.8) is 0 Å². The molecule has 1 aliphatic rings. The number of amides is 1. The lowest BCUT2D eigenvalue weighted by atomic mass is 9.97. The second kappa shape index (κ2) is 12.5. The maximum absolute atomic E-state index is 12.1. The minimum Gasteiger partial charge on any atom is -0.396 e. The fourth-order valence-electron chi connectivity index (χ4n) is 3.18. The summed E-state index contributed by atoms with van der Waals surface area (Å²) in [5.41, 5.74) is 7.93. The molecule has 1 heterocycles. The van der Waals surface area contributed by atoms with Crippen LogP contribution in [-0.4, -0.2) is 41.7 Å². The molecule has 1 saturated heterocycles. The van der Waals surface area contributed by atoms with Gasteiger partial charge in [-0.05, 0) is 61.9 Å². The molecule has 0 aliphatic carbocycles. The number of anilines is 1. The number of likely N-dealkylation sites (tertiary alicyclic amines) is 1. The van der Waals surface area contributed by atoms with Crippen LogP contribution in [-0.2, 0) is 11.3 Å². The van der Waals surface area contributed by atoms with Gasteiger partial charge in [0.2, 0.25) is 5.91 Å². The second-order valence-electron chi connectivity index (χ2n) is 7.33. The summed E-state index contributed by atoms with van der Waals surface area (Å²) < 4.78 is 0. The van der Waals surface area contributed by atoms with Crippen LogP contribution in [0.2, 0.25) is 0 Å². The zero-order valence-electron chi connectivity index (χ0n) is 15.7. The molecule has 0 saturated carbocycles. The normalized spacial score (nSPS) is 16.5. The van der Waals surface area contributed by atoms with E-state index in [1.807, 2.05) is 18.2 Å². The van der Waals surface area contributed by atoms with Gasteiger partial charge in [0.15, 0.2) is 0 Å². The predicted octanol–water partition coefficient (Wildman–Crippen LogP) is 3.05. The van der Waals surface area contributed by atoms with Crippen molar-refractivity contribution in [1.82, 2.24) is 4.90 Å². The molecule has 1 aromatic carbocycles. The molecule has 0 aromatic heterocycles. The highest BCUT2D eigenvalue weighted by Crippen LogP contribution is 2.20. The molecule has 1 fully saturated rings. The summed E-state index contributed by atoms with van der Waals surface area (Å²) in [4.78, 5) is 14.5. The molecular formula is C19H33Cl2N3O2. The Morgan fingerprint density at radius 1 is 1.31 bits per heavy atom. The molecule has 0 bridgehead atoms. The maximum Gasteiger partial charge on any atom is 0.241 e. The van der Waals surface area contributed by atoms with Crippen molar-refractivity contribution >= 4 is 36.4 Å². The standard InChI is InChI=1S/C19H31N3O2.2ClH/c1-14(2)10-18(20)19(24)21-17-5-3-4-16(11-17)12-22-8-6-15(13-23)7-9-22;;/h3-5,11,14-15,18,23H,6-10,12-13,20H2,1-2H3,(H,21,24);2*1H/t18-;;/m0../s1. The van der Waals surface area contributed by atoms with Crippen molar-refractivity contribution in [3.8, 4) is 0 Å². The summed E-state index contributed by atoms with van der Waals surface area (Å²) in [6.45, 7) is 7.33. The van der Waals surface area contributed by atoms with Gasteiger partial charge in [0.1, 0.15) is 0 Å². The van der Waals surface area contributed by atoms with E-state index >= 15 is 0 Å². The lowest BCUT2D eigenvalue weighted by Gasteiger charge is -2.31. The van der Waals surface area contributed by atoms with Crippen LogP contribution in [0.5, 0.6) is 0 Å². The van der Waals surface area contributed by atoms with Crippen molar-refractivity contribution in [2.45, 2.75) is 45.7 Å². The molecule has 0 spiro atoms. The summed E-state index contributed by atoms with van der Waals surface area (Å²) in [5, 5.41) is 12.1. The zero-order chi connectivity index (χ0) is 17.5. The maximum atomic E-state index is 12.1. The number of carbonyl (C=O) groups excluding carboxylic acids is 1. The first-order chi connectivity index (χ1) is 11.5. The fourth-order valence-corrected chi connectivity index (χ4v) is 3.18. The molecule has 150 valence electrons. The third-order valence-corrected chi connectivity index (χ3v) is 4.63. The highest BCUT2D eigenvalue weighted by Gasteiger charge is 2.19. The van der Waals surface area contributed by atoms with E-state index in [0.29, 0.717) is 24.9 Å². The van der Waals surface area contributed by atoms with Gasteiger partial charge < -0.3 is 16.2 Å². The molecule has 5 nitrogen and oxygen atoms in total. The van der Waals surface area contributed by atoms with E-state index in [0.717, 1.165) is 38.2 Å². The number of nitrogens with zero attached hydrogens (tertiary/aromatic N) is 1. The van der Waals surface area contributed by atoms with Crippen LogP contribution in [0.25, 0.3) is 0 Å². The van der Waals surface area contributed by atoms with Gasteiger partial charge >= 0.3 is 0 Å². The van der Waals surface area contributed by atoms with Crippen molar-refractivity contribution in [3.05, 3.63) is 29.8 Å². The van der Waals surface area contributed by atoms with Crippen molar-refractivity contribution in [2.75, 3.05) is 25.0 Å². The van der Waals surface area contributed by atoms with Gasteiger partial charge in [-0.25, -0.2) is 0 Å². The molecular weight excluding hydrogens is 373 g/mol. The third kappa shape index (κ3) is 8.23. The van der Waals surface area contributed by atoms with Gasteiger partial charge in [-0.1, -0.05) is 26.0 Å². The van der Waals surface area contributed by atoms with E-state index in [4.69, 9.17) is 5.73 Å². The van der Waals surface area contributed by atoms with E-state index in [1.165, 1.54) is 5.56 Å². The van der Waals surface area contributed by atoms with Crippen LogP contribution in [0.15, 0.2) is 24.3 Å². The van der Waals surface area contributed by atoms with Crippen molar-refractivity contribution in [2.24, 2.45) is 17.6 Å². The summed E-state index contributed by atoms with van der Waals surface area (Å²) in [5.74, 6) is 0.734. The van der Waals surface area contributed by atoms with Gasteiger partial charge in [0, 0.05) is 18.8 Å².